The molecule has 3 rings (SSSR count). The quantitative estimate of drug-likeness (QED) is 0.526. The van der Waals surface area contributed by atoms with Crippen molar-refractivity contribution in [1.29, 1.82) is 0 Å². The molecule has 4 nitrogen and oxygen atoms in total. The van der Waals surface area contributed by atoms with Gasteiger partial charge in [-0.05, 0) is 53.2 Å². The average molecular weight is 343 g/mol. The normalized spacial score (nSPS) is 17.8. The molecule has 0 aromatic heterocycles. The van der Waals surface area contributed by atoms with Crippen LogP contribution in [0.2, 0.25) is 0 Å². The number of hydrogen-bond acceptors (Lipinski definition) is 4. The minimum absolute atomic E-state index is 0.292. The first-order chi connectivity index (χ1) is 11.6. The van der Waals surface area contributed by atoms with Crippen LogP contribution in [0.3, 0.4) is 0 Å². The van der Waals surface area contributed by atoms with Gasteiger partial charge in [-0.3, -0.25) is 10.1 Å². The van der Waals surface area contributed by atoms with E-state index in [1.807, 2.05) is 0 Å². The molecule has 1 fully saturated rings. The number of hydrogen-bond donors (Lipinski definition) is 1. The van der Waals surface area contributed by atoms with Crippen molar-refractivity contribution in [3.63, 3.8) is 0 Å². The molecule has 0 radical (unpaired) electrons. The standard InChI is InChI=1S/C17H11F2N3OS/c18-13-5-1-11(2-6-13)9-15-16(23)21-17(24-15)22-20-10-12-3-7-14(19)8-4-12/h1-10H,(H,21,22,23)/b15-9+,20-10+. The number of carbonyl (C=O) groups is 1. The molecular formula is C17H11F2N3OS. The van der Waals surface area contributed by atoms with Crippen LogP contribution in [0.5, 0.6) is 0 Å². The van der Waals surface area contributed by atoms with E-state index in [1.54, 1.807) is 30.3 Å². The molecule has 7 heteroatoms. The van der Waals surface area contributed by atoms with E-state index in [9.17, 15) is 13.6 Å². The molecule has 1 heterocycles. The molecule has 0 saturated carbocycles. The van der Waals surface area contributed by atoms with E-state index >= 15 is 0 Å². The Balaban J connectivity index is 1.69. The maximum Gasteiger partial charge on any atom is 0.264 e. The SMILES string of the molecule is O=C1N/C(=N\N=C\c2ccc(F)cc2)S/C1=C/c1ccc(F)cc1. The number of carbonyl (C=O) groups excluding carboxylic acids is 1. The highest BCUT2D eigenvalue weighted by atomic mass is 32.2. The van der Waals surface area contributed by atoms with E-state index < -0.39 is 0 Å². The van der Waals surface area contributed by atoms with Crippen molar-refractivity contribution in [2.24, 2.45) is 10.2 Å². The first-order valence-corrected chi connectivity index (χ1v) is 7.75. The molecule has 0 spiro atoms. The van der Waals surface area contributed by atoms with Gasteiger partial charge in [0, 0.05) is 0 Å². The Morgan fingerprint density at radius 1 is 0.917 bits per heavy atom. The van der Waals surface area contributed by atoms with Crippen molar-refractivity contribution in [2.45, 2.75) is 0 Å². The molecule has 2 aromatic rings. The van der Waals surface area contributed by atoms with E-state index in [1.165, 1.54) is 30.5 Å². The third-order valence-electron chi connectivity index (χ3n) is 3.04. The van der Waals surface area contributed by atoms with Crippen molar-refractivity contribution in [3.05, 3.63) is 76.2 Å². The van der Waals surface area contributed by atoms with Gasteiger partial charge < -0.3 is 0 Å². The number of amides is 1. The molecule has 1 saturated heterocycles. The molecule has 1 aliphatic heterocycles. The van der Waals surface area contributed by atoms with Crippen LogP contribution in [0.15, 0.2) is 63.6 Å². The summed E-state index contributed by atoms with van der Waals surface area (Å²) in [6.07, 6.45) is 3.10. The van der Waals surface area contributed by atoms with E-state index in [4.69, 9.17) is 0 Å². The first kappa shape index (κ1) is 16.1. The summed E-state index contributed by atoms with van der Waals surface area (Å²) >= 11 is 1.14. The first-order valence-electron chi connectivity index (χ1n) is 6.93. The fraction of sp³-hybridized carbons (Fsp3) is 0. The molecule has 0 atom stereocenters. The highest BCUT2D eigenvalue weighted by molar-refractivity contribution is 8.18. The lowest BCUT2D eigenvalue weighted by Gasteiger charge is -1.94. The summed E-state index contributed by atoms with van der Waals surface area (Å²) in [5.74, 6) is -0.953. The number of halogens is 2. The molecule has 1 aliphatic rings. The summed E-state index contributed by atoms with van der Waals surface area (Å²) in [5.41, 5.74) is 1.40. The van der Waals surface area contributed by atoms with Crippen molar-refractivity contribution < 1.29 is 13.6 Å². The lowest BCUT2D eigenvalue weighted by molar-refractivity contribution is -0.115. The zero-order chi connectivity index (χ0) is 16.9. The lowest BCUT2D eigenvalue weighted by atomic mass is 10.2. The summed E-state index contributed by atoms with van der Waals surface area (Å²) < 4.78 is 25.7. The second-order valence-corrected chi connectivity index (χ2v) is 5.85. The molecular weight excluding hydrogens is 332 g/mol. The molecule has 1 N–H and O–H groups in total. The molecule has 120 valence electrons. The van der Waals surface area contributed by atoms with Crippen LogP contribution < -0.4 is 5.32 Å². The largest absolute Gasteiger partial charge is 0.299 e. The second kappa shape index (κ2) is 7.18. The smallest absolute Gasteiger partial charge is 0.264 e. The van der Waals surface area contributed by atoms with Gasteiger partial charge in [0.1, 0.15) is 11.6 Å². The Labute approximate surface area is 141 Å². The molecule has 1 amide bonds. The molecule has 24 heavy (non-hydrogen) atoms. The van der Waals surface area contributed by atoms with Crippen LogP contribution in [-0.4, -0.2) is 17.3 Å². The molecule has 0 unspecified atom stereocenters. The van der Waals surface area contributed by atoms with Gasteiger partial charge in [-0.1, -0.05) is 24.3 Å². The highest BCUT2D eigenvalue weighted by Gasteiger charge is 2.23. The molecule has 0 aliphatic carbocycles. The fourth-order valence-electron chi connectivity index (χ4n) is 1.88. The zero-order valence-corrected chi connectivity index (χ0v) is 13.1. The number of amidine groups is 1. The van der Waals surface area contributed by atoms with Gasteiger partial charge in [-0.15, -0.1) is 5.10 Å². The number of thioether (sulfide) groups is 1. The van der Waals surface area contributed by atoms with E-state index in [-0.39, 0.29) is 17.5 Å². The van der Waals surface area contributed by atoms with Crippen LogP contribution in [0.4, 0.5) is 8.78 Å². The number of rotatable bonds is 3. The number of benzene rings is 2. The summed E-state index contributed by atoms with van der Waals surface area (Å²) in [7, 11) is 0. The van der Waals surface area contributed by atoms with E-state index in [2.05, 4.69) is 15.5 Å². The second-order valence-electron chi connectivity index (χ2n) is 4.82. The van der Waals surface area contributed by atoms with Crippen LogP contribution in [-0.2, 0) is 4.79 Å². The maximum absolute atomic E-state index is 12.9. The zero-order valence-electron chi connectivity index (χ0n) is 12.2. The number of nitrogens with one attached hydrogen (secondary N) is 1. The van der Waals surface area contributed by atoms with Crippen LogP contribution in [0.25, 0.3) is 6.08 Å². The Bertz CT molecular complexity index is 843. The van der Waals surface area contributed by atoms with Crippen LogP contribution in [0.1, 0.15) is 11.1 Å². The third-order valence-corrected chi connectivity index (χ3v) is 3.94. The van der Waals surface area contributed by atoms with Gasteiger partial charge in [-0.25, -0.2) is 8.78 Å². The summed E-state index contributed by atoms with van der Waals surface area (Å²) in [6, 6.07) is 11.6. The van der Waals surface area contributed by atoms with Crippen molar-refractivity contribution >= 4 is 35.1 Å². The Morgan fingerprint density at radius 2 is 1.50 bits per heavy atom. The predicted molar refractivity (Wildman–Crippen MR) is 91.5 cm³/mol. The van der Waals surface area contributed by atoms with Gasteiger partial charge >= 0.3 is 0 Å². The van der Waals surface area contributed by atoms with Gasteiger partial charge in [0.25, 0.3) is 5.91 Å². The Morgan fingerprint density at radius 3 is 2.12 bits per heavy atom. The van der Waals surface area contributed by atoms with Gasteiger partial charge in [0.05, 0.1) is 11.1 Å². The highest BCUT2D eigenvalue weighted by Crippen LogP contribution is 2.26. The predicted octanol–water partition coefficient (Wildman–Crippen LogP) is 3.56. The Kier molecular flexibility index (Phi) is 4.81. The van der Waals surface area contributed by atoms with Gasteiger partial charge in [0.15, 0.2) is 5.17 Å². The summed E-state index contributed by atoms with van der Waals surface area (Å²) in [6.45, 7) is 0. The lowest BCUT2D eigenvalue weighted by Crippen LogP contribution is -2.19. The van der Waals surface area contributed by atoms with Gasteiger partial charge in [0.2, 0.25) is 0 Å². The van der Waals surface area contributed by atoms with Gasteiger partial charge in [-0.2, -0.15) is 5.10 Å². The minimum Gasteiger partial charge on any atom is -0.299 e. The number of nitrogens with zero attached hydrogens (tertiary/aromatic N) is 2. The topological polar surface area (TPSA) is 53.8 Å². The van der Waals surface area contributed by atoms with Crippen molar-refractivity contribution in [3.8, 4) is 0 Å². The summed E-state index contributed by atoms with van der Waals surface area (Å²) in [5, 5.41) is 10.7. The third kappa shape index (κ3) is 4.14. The van der Waals surface area contributed by atoms with E-state index in [0.717, 1.165) is 11.8 Å². The summed E-state index contributed by atoms with van der Waals surface area (Å²) in [4.78, 5) is 12.3. The monoisotopic (exact) mass is 343 g/mol. The fourth-order valence-corrected chi connectivity index (χ4v) is 2.66. The minimum atomic E-state index is -0.335. The molecule has 0 bridgehead atoms. The Hall–Kier alpha value is -2.80. The average Bonchev–Trinajstić information content (AvgIpc) is 2.91. The molecule has 2 aromatic carbocycles. The van der Waals surface area contributed by atoms with Crippen LogP contribution >= 0.6 is 11.8 Å². The maximum atomic E-state index is 12.9. The van der Waals surface area contributed by atoms with Crippen molar-refractivity contribution in [1.82, 2.24) is 5.32 Å². The van der Waals surface area contributed by atoms with Crippen molar-refractivity contribution in [2.75, 3.05) is 0 Å². The van der Waals surface area contributed by atoms with Crippen LogP contribution in [0, 0.1) is 11.6 Å². The van der Waals surface area contributed by atoms with E-state index in [0.29, 0.717) is 21.2 Å².